The van der Waals surface area contributed by atoms with Gasteiger partial charge in [-0.1, -0.05) is 5.92 Å². The Hall–Kier alpha value is -1.70. The van der Waals surface area contributed by atoms with Gasteiger partial charge in [-0.15, -0.1) is 6.42 Å². The predicted octanol–water partition coefficient (Wildman–Crippen LogP) is 1.53. The predicted molar refractivity (Wildman–Crippen MR) is 72.4 cm³/mol. The van der Waals surface area contributed by atoms with Crippen molar-refractivity contribution in [3.05, 3.63) is 0 Å². The van der Waals surface area contributed by atoms with Crippen LogP contribution in [0.2, 0.25) is 0 Å². The molecule has 0 aliphatic carbocycles. The number of hydrogen-bond acceptors (Lipinski definition) is 3. The second kappa shape index (κ2) is 6.46. The molecule has 0 aromatic carbocycles. The Balaban J connectivity index is 2.62. The van der Waals surface area contributed by atoms with Crippen LogP contribution in [0.15, 0.2) is 0 Å². The van der Waals surface area contributed by atoms with Gasteiger partial charge in [0.25, 0.3) is 0 Å². The summed E-state index contributed by atoms with van der Waals surface area (Å²) in [6, 6.07) is -0.536. The number of hydrogen-bond donors (Lipinski definition) is 1. The van der Waals surface area contributed by atoms with Gasteiger partial charge in [0.05, 0.1) is 6.54 Å². The molecule has 19 heavy (non-hydrogen) atoms. The first-order valence-corrected chi connectivity index (χ1v) is 6.55. The highest BCUT2D eigenvalue weighted by atomic mass is 16.6. The van der Waals surface area contributed by atoms with E-state index in [1.165, 1.54) is 0 Å². The number of carbonyl (C=O) groups is 2. The van der Waals surface area contributed by atoms with Gasteiger partial charge in [0, 0.05) is 6.54 Å². The highest BCUT2D eigenvalue weighted by Crippen LogP contribution is 2.13. The molecule has 5 heteroatoms. The van der Waals surface area contributed by atoms with E-state index in [2.05, 4.69) is 11.2 Å². The van der Waals surface area contributed by atoms with Gasteiger partial charge in [0.2, 0.25) is 5.91 Å². The van der Waals surface area contributed by atoms with Gasteiger partial charge in [-0.05, 0) is 40.0 Å². The van der Waals surface area contributed by atoms with Gasteiger partial charge in [-0.3, -0.25) is 4.79 Å². The number of nitrogens with one attached hydrogen (secondary N) is 1. The van der Waals surface area contributed by atoms with Crippen molar-refractivity contribution in [2.75, 3.05) is 13.1 Å². The molecule has 0 aromatic rings. The summed E-state index contributed by atoms with van der Waals surface area (Å²) >= 11 is 0. The molecular weight excluding hydrogens is 244 g/mol. The number of carbonyl (C=O) groups excluding carboxylic acids is 2. The molecule has 1 heterocycles. The molecule has 1 aliphatic heterocycles. The molecular formula is C14H22N2O3. The normalized spacial score (nSPS) is 20.4. The van der Waals surface area contributed by atoms with Crippen LogP contribution < -0.4 is 5.32 Å². The van der Waals surface area contributed by atoms with E-state index in [0.717, 1.165) is 12.8 Å². The molecule has 1 saturated heterocycles. The molecule has 1 aliphatic rings. The smallest absolute Gasteiger partial charge is 0.408 e. The fraction of sp³-hybridized carbons (Fsp3) is 0.714. The topological polar surface area (TPSA) is 58.6 Å². The van der Waals surface area contributed by atoms with Crippen LogP contribution in [0, 0.1) is 12.3 Å². The van der Waals surface area contributed by atoms with E-state index in [0.29, 0.717) is 13.0 Å². The molecule has 0 saturated carbocycles. The van der Waals surface area contributed by atoms with E-state index in [4.69, 9.17) is 11.2 Å². The van der Waals surface area contributed by atoms with Crippen LogP contribution >= 0.6 is 0 Å². The Morgan fingerprint density at radius 2 is 2.21 bits per heavy atom. The van der Waals surface area contributed by atoms with Gasteiger partial charge in [-0.25, -0.2) is 4.79 Å². The lowest BCUT2D eigenvalue weighted by Crippen LogP contribution is -2.48. The lowest BCUT2D eigenvalue weighted by Gasteiger charge is -2.25. The summed E-state index contributed by atoms with van der Waals surface area (Å²) in [5.74, 6) is 2.35. The first-order chi connectivity index (χ1) is 8.83. The zero-order chi connectivity index (χ0) is 14.5. The molecule has 106 valence electrons. The Bertz CT molecular complexity index is 379. The van der Waals surface area contributed by atoms with Crippen molar-refractivity contribution in [3.8, 4) is 12.3 Å². The molecule has 1 atom stereocenters. The maximum Gasteiger partial charge on any atom is 0.408 e. The summed E-state index contributed by atoms with van der Waals surface area (Å²) in [4.78, 5) is 25.5. The highest BCUT2D eigenvalue weighted by molar-refractivity contribution is 5.86. The van der Waals surface area contributed by atoms with E-state index in [9.17, 15) is 9.59 Å². The number of amides is 2. The fourth-order valence-corrected chi connectivity index (χ4v) is 1.96. The summed E-state index contributed by atoms with van der Waals surface area (Å²) < 4.78 is 5.16. The number of ether oxygens (including phenoxy) is 1. The van der Waals surface area contributed by atoms with E-state index >= 15 is 0 Å². The van der Waals surface area contributed by atoms with Crippen molar-refractivity contribution < 1.29 is 14.3 Å². The monoisotopic (exact) mass is 266 g/mol. The second-order valence-corrected chi connectivity index (χ2v) is 5.66. The van der Waals surface area contributed by atoms with Crippen molar-refractivity contribution in [2.45, 2.75) is 51.7 Å². The molecule has 1 N–H and O–H groups in total. The molecule has 0 aromatic heterocycles. The van der Waals surface area contributed by atoms with Crippen LogP contribution in [0.25, 0.3) is 0 Å². The van der Waals surface area contributed by atoms with E-state index in [1.807, 2.05) is 0 Å². The number of nitrogens with zero attached hydrogens (tertiary/aromatic N) is 1. The molecule has 1 fully saturated rings. The van der Waals surface area contributed by atoms with Gasteiger partial charge in [0.15, 0.2) is 0 Å². The SMILES string of the molecule is C#CCN1CCCCC(NC(=O)OC(C)(C)C)C1=O. The molecule has 1 unspecified atom stereocenters. The first kappa shape index (κ1) is 15.4. The molecule has 2 amide bonds. The maximum absolute atomic E-state index is 12.2. The average molecular weight is 266 g/mol. The minimum Gasteiger partial charge on any atom is -0.444 e. The van der Waals surface area contributed by atoms with Crippen molar-refractivity contribution in [1.29, 1.82) is 0 Å². The Morgan fingerprint density at radius 3 is 2.79 bits per heavy atom. The zero-order valence-electron chi connectivity index (χ0n) is 11.9. The third kappa shape index (κ3) is 5.21. The molecule has 1 rings (SSSR count). The summed E-state index contributed by atoms with van der Waals surface area (Å²) in [6.07, 6.45) is 7.09. The second-order valence-electron chi connectivity index (χ2n) is 5.66. The van der Waals surface area contributed by atoms with Crippen molar-refractivity contribution in [2.24, 2.45) is 0 Å². The first-order valence-electron chi connectivity index (χ1n) is 6.55. The van der Waals surface area contributed by atoms with Crippen LogP contribution in [-0.2, 0) is 9.53 Å². The Labute approximate surface area is 114 Å². The molecule has 5 nitrogen and oxygen atoms in total. The number of terminal acetylenes is 1. The lowest BCUT2D eigenvalue weighted by molar-refractivity contribution is -0.132. The van der Waals surface area contributed by atoms with Crippen LogP contribution in [0.5, 0.6) is 0 Å². The standard InChI is InChI=1S/C14H22N2O3/c1-5-9-16-10-7-6-8-11(12(16)17)15-13(18)19-14(2,3)4/h1,11H,6-10H2,2-4H3,(H,15,18). The van der Waals surface area contributed by atoms with E-state index < -0.39 is 17.7 Å². The van der Waals surface area contributed by atoms with Gasteiger partial charge < -0.3 is 15.0 Å². The fourth-order valence-electron chi connectivity index (χ4n) is 1.96. The number of rotatable bonds is 2. The number of likely N-dealkylation sites (tertiary alicyclic amines) is 1. The third-order valence-electron chi connectivity index (χ3n) is 2.75. The summed E-state index contributed by atoms with van der Waals surface area (Å²) in [5.41, 5.74) is -0.573. The lowest BCUT2D eigenvalue weighted by atomic mass is 10.1. The van der Waals surface area contributed by atoms with Gasteiger partial charge in [0.1, 0.15) is 11.6 Å². The molecule has 0 radical (unpaired) electrons. The minimum atomic E-state index is -0.573. The van der Waals surface area contributed by atoms with Crippen molar-refractivity contribution in [1.82, 2.24) is 10.2 Å². The summed E-state index contributed by atoms with van der Waals surface area (Å²) in [5, 5.41) is 2.63. The molecule has 0 bridgehead atoms. The van der Waals surface area contributed by atoms with E-state index in [-0.39, 0.29) is 12.5 Å². The number of alkyl carbamates (subject to hydrolysis) is 1. The average Bonchev–Trinajstić information content (AvgIpc) is 2.42. The Kier molecular flexibility index (Phi) is 5.22. The largest absolute Gasteiger partial charge is 0.444 e. The summed E-state index contributed by atoms with van der Waals surface area (Å²) in [6.45, 7) is 6.28. The minimum absolute atomic E-state index is 0.124. The van der Waals surface area contributed by atoms with Crippen molar-refractivity contribution >= 4 is 12.0 Å². The van der Waals surface area contributed by atoms with Crippen LogP contribution in [0.3, 0.4) is 0 Å². The van der Waals surface area contributed by atoms with Gasteiger partial charge >= 0.3 is 6.09 Å². The highest BCUT2D eigenvalue weighted by Gasteiger charge is 2.29. The maximum atomic E-state index is 12.2. The van der Waals surface area contributed by atoms with Crippen molar-refractivity contribution in [3.63, 3.8) is 0 Å². The third-order valence-corrected chi connectivity index (χ3v) is 2.75. The summed E-state index contributed by atoms with van der Waals surface area (Å²) in [7, 11) is 0. The van der Waals surface area contributed by atoms with Gasteiger partial charge in [-0.2, -0.15) is 0 Å². The van der Waals surface area contributed by atoms with Crippen LogP contribution in [0.1, 0.15) is 40.0 Å². The van der Waals surface area contributed by atoms with Crippen LogP contribution in [0.4, 0.5) is 4.79 Å². The Morgan fingerprint density at radius 1 is 1.53 bits per heavy atom. The molecule has 0 spiro atoms. The van der Waals surface area contributed by atoms with E-state index in [1.54, 1.807) is 25.7 Å². The van der Waals surface area contributed by atoms with Crippen LogP contribution in [-0.4, -0.2) is 41.6 Å². The quantitative estimate of drug-likeness (QED) is 0.771. The zero-order valence-corrected chi connectivity index (χ0v) is 11.9.